The number of hydrogen-bond donors (Lipinski definition) is 3. The van der Waals surface area contributed by atoms with E-state index in [1.54, 1.807) is 19.2 Å². The summed E-state index contributed by atoms with van der Waals surface area (Å²) in [6, 6.07) is 82.5. The van der Waals surface area contributed by atoms with E-state index in [1.165, 1.54) is 66.7 Å². The van der Waals surface area contributed by atoms with Gasteiger partial charge in [0.05, 0.1) is 74.0 Å². The van der Waals surface area contributed by atoms with Crippen LogP contribution < -0.4 is 4.74 Å². The monoisotopic (exact) mass is 1420 g/mol. The van der Waals surface area contributed by atoms with E-state index in [1.807, 2.05) is 231 Å². The summed E-state index contributed by atoms with van der Waals surface area (Å²) in [6.07, 6.45) is 0. The normalized spacial score (nSPS) is 11.5. The Morgan fingerprint density at radius 3 is 0.931 bits per heavy atom. The zero-order chi connectivity index (χ0) is 70.9. The van der Waals surface area contributed by atoms with Crippen molar-refractivity contribution in [1.29, 1.82) is 0 Å². The zero-order valence-electron chi connectivity index (χ0n) is 56.0. The van der Waals surface area contributed by atoms with Crippen LogP contribution in [0.15, 0.2) is 277 Å². The Bertz CT molecular complexity index is 5610. The molecule has 0 radical (unpaired) electrons. The molecule has 4 heterocycles. The van der Waals surface area contributed by atoms with Crippen molar-refractivity contribution in [2.45, 2.75) is 20.0 Å². The van der Waals surface area contributed by atoms with Gasteiger partial charge in [-0.25, -0.2) is 22.0 Å². The number of rotatable bonds is 12. The van der Waals surface area contributed by atoms with Gasteiger partial charge in [0.1, 0.15) is 52.1 Å². The predicted molar refractivity (Wildman–Crippen MR) is 406 cm³/mol. The van der Waals surface area contributed by atoms with Gasteiger partial charge in [-0.15, -0.1) is 0 Å². The lowest BCUT2D eigenvalue weighted by Gasteiger charge is -2.24. The molecule has 0 fully saturated rings. The van der Waals surface area contributed by atoms with Crippen LogP contribution in [0.2, 0.25) is 0 Å². The molecule has 0 saturated carbocycles. The standard InChI is InChI=1S/C42H36F2N4O2.C19H14FNO.C18H12FNO.C7H6BrF/c1-45(25-27-21-29(43)23-39(41(27)49)47-35-15-7-3-11-31(35)32-12-4-8-16-36(32)47)19-20-46(2)26-28-22-30(44)24-40(42(28)50)48-37-17-9-5-13-33(37)34-14-6-10-18-38(34)48;1-22-19-11-10-13(20)12-18(19)21-16-8-4-2-6-14(16)15-7-3-5-9-17(15)21;19-12-9-10-18(21)17(11-12)20-15-7-3-1-5-13(15)14-6-2-4-8-16(14)20;1-5-2-3-6(9)4-7(5)8/h3-18,21-24,49-50H,19-20,25-26H2,1-2H3;2-12H,1H3;1-11,21H;2-4H,1H3. The number of phenols is 3. The Morgan fingerprint density at radius 2 is 0.608 bits per heavy atom. The van der Waals surface area contributed by atoms with Gasteiger partial charge < -0.3 is 48.1 Å². The molecule has 10 nitrogen and oxygen atoms in total. The maximum Gasteiger partial charge on any atom is 0.144 e. The van der Waals surface area contributed by atoms with Crippen LogP contribution in [0.5, 0.6) is 23.0 Å². The Hall–Kier alpha value is -11.7. The minimum Gasteiger partial charge on any atom is -0.506 e. The average molecular weight is 1420 g/mol. The number of fused-ring (bicyclic) bond motifs is 12. The van der Waals surface area contributed by atoms with Gasteiger partial charge in [-0.3, -0.25) is 0 Å². The highest BCUT2D eigenvalue weighted by Crippen LogP contribution is 2.41. The molecule has 0 atom stereocenters. The quantitative estimate of drug-likeness (QED) is 0.106. The van der Waals surface area contributed by atoms with Crippen LogP contribution >= 0.6 is 15.9 Å². The number of phenolic OH excluding ortho intramolecular Hbond substituents is 3. The first-order chi connectivity index (χ1) is 49.5. The average Bonchev–Trinajstić information content (AvgIpc) is 1.61. The number of ether oxygens (including phenoxy) is 1. The molecule has 0 aliphatic carbocycles. The number of likely N-dealkylation sites (N-methyl/N-ethyl adjacent to an activating group) is 2. The fraction of sp³-hybridized carbons (Fsp3) is 0.0930. The van der Waals surface area contributed by atoms with E-state index < -0.39 is 11.6 Å². The summed E-state index contributed by atoms with van der Waals surface area (Å²) < 4.78 is 84.1. The van der Waals surface area contributed by atoms with Gasteiger partial charge in [0, 0.05) is 109 Å². The molecule has 16 heteroatoms. The summed E-state index contributed by atoms with van der Waals surface area (Å²) in [7, 11) is 5.43. The second-order valence-electron chi connectivity index (χ2n) is 25.2. The first-order valence-corrected chi connectivity index (χ1v) is 33.9. The second kappa shape index (κ2) is 28.9. The van der Waals surface area contributed by atoms with E-state index in [2.05, 4.69) is 28.1 Å². The van der Waals surface area contributed by atoms with Gasteiger partial charge in [-0.2, -0.15) is 0 Å². The van der Waals surface area contributed by atoms with E-state index in [-0.39, 0.29) is 34.7 Å². The minimum atomic E-state index is -0.430. The van der Waals surface area contributed by atoms with Crippen molar-refractivity contribution in [1.82, 2.24) is 28.1 Å². The van der Waals surface area contributed by atoms with Crippen LogP contribution in [0.3, 0.4) is 0 Å². The van der Waals surface area contributed by atoms with Crippen LogP contribution in [0.1, 0.15) is 16.7 Å². The second-order valence-corrected chi connectivity index (χ2v) is 26.0. The van der Waals surface area contributed by atoms with Gasteiger partial charge in [-0.1, -0.05) is 168 Å². The number of para-hydroxylation sites is 8. The van der Waals surface area contributed by atoms with E-state index in [9.17, 15) is 28.5 Å². The lowest BCUT2D eigenvalue weighted by molar-refractivity contribution is 0.243. The third kappa shape index (κ3) is 13.1. The van der Waals surface area contributed by atoms with Crippen molar-refractivity contribution >= 4 is 103 Å². The lowest BCUT2D eigenvalue weighted by Crippen LogP contribution is -2.30. The van der Waals surface area contributed by atoms with Crippen molar-refractivity contribution in [2.75, 3.05) is 34.3 Å². The first kappa shape index (κ1) is 67.5. The Morgan fingerprint density at radius 1 is 0.333 bits per heavy atom. The first-order valence-electron chi connectivity index (χ1n) is 33.1. The number of aryl methyl sites for hydroxylation is 1. The summed E-state index contributed by atoms with van der Waals surface area (Å²) in [6.45, 7) is 3.69. The molecule has 17 rings (SSSR count). The molecule has 0 amide bonds. The largest absolute Gasteiger partial charge is 0.506 e. The predicted octanol–water partition coefficient (Wildman–Crippen LogP) is 21.6. The highest BCUT2D eigenvalue weighted by atomic mass is 79.9. The molecule has 17 aromatic rings. The summed E-state index contributed by atoms with van der Waals surface area (Å²) in [4.78, 5) is 4.02. The topological polar surface area (TPSA) is 96.1 Å². The van der Waals surface area contributed by atoms with Crippen LogP contribution in [0.4, 0.5) is 22.0 Å². The molecule has 0 unspecified atom stereocenters. The third-order valence-electron chi connectivity index (χ3n) is 18.5. The fourth-order valence-corrected chi connectivity index (χ4v) is 14.1. The molecule has 13 aromatic carbocycles. The molecule has 4 aromatic heterocycles. The minimum absolute atomic E-state index is 0.0281. The molecule has 508 valence electrons. The van der Waals surface area contributed by atoms with Crippen LogP contribution in [-0.2, 0) is 13.1 Å². The maximum atomic E-state index is 15.2. The smallest absolute Gasteiger partial charge is 0.144 e. The van der Waals surface area contributed by atoms with Crippen molar-refractivity contribution < 1.29 is 42.0 Å². The van der Waals surface area contributed by atoms with Gasteiger partial charge >= 0.3 is 0 Å². The molecular formula is C86H68BrF5N6O4. The molecule has 0 aliphatic heterocycles. The number of benzene rings is 13. The molecule has 0 saturated heterocycles. The van der Waals surface area contributed by atoms with E-state index in [0.717, 1.165) is 97.3 Å². The molecule has 102 heavy (non-hydrogen) atoms. The van der Waals surface area contributed by atoms with Crippen molar-refractivity contribution in [3.63, 3.8) is 0 Å². The summed E-state index contributed by atoms with van der Waals surface area (Å²) in [5.41, 5.74) is 11.5. The molecule has 3 N–H and O–H groups in total. The molecular weight excluding hydrogens is 1360 g/mol. The van der Waals surface area contributed by atoms with E-state index >= 15 is 8.78 Å². The van der Waals surface area contributed by atoms with E-state index in [0.29, 0.717) is 65.8 Å². The summed E-state index contributed by atoms with van der Waals surface area (Å²) in [5.74, 6) is -0.951. The molecule has 0 aliphatic rings. The number of aromatic hydroxyl groups is 3. The number of methoxy groups -OCH3 is 1. The van der Waals surface area contributed by atoms with E-state index in [4.69, 9.17) is 4.74 Å². The lowest BCUT2D eigenvalue weighted by atomic mass is 10.1. The van der Waals surface area contributed by atoms with Crippen LogP contribution in [0, 0.1) is 36.0 Å². The zero-order valence-corrected chi connectivity index (χ0v) is 57.6. The van der Waals surface area contributed by atoms with Gasteiger partial charge in [0.25, 0.3) is 0 Å². The van der Waals surface area contributed by atoms with Gasteiger partial charge in [0.2, 0.25) is 0 Å². The summed E-state index contributed by atoms with van der Waals surface area (Å²) in [5, 5.41) is 41.8. The Labute approximate surface area is 593 Å². The van der Waals surface area contributed by atoms with Crippen molar-refractivity contribution in [2.24, 2.45) is 0 Å². The van der Waals surface area contributed by atoms with Crippen molar-refractivity contribution in [3.05, 3.63) is 323 Å². The SMILES string of the molecule is CN(CCN(C)Cc1cc(F)cc(-n2c3ccccc3c3ccccc32)c1O)Cc1cc(F)cc(-n2c3ccccc3c3ccccc32)c1O.COc1ccc(F)cc1-n1c2ccccc2c2ccccc21.Cc1ccc(F)cc1Br.Oc1ccc(F)cc1-n1c2ccccc2c2ccccc21. The Kier molecular flexibility index (Phi) is 19.1. The van der Waals surface area contributed by atoms with Crippen LogP contribution in [0.25, 0.3) is 110 Å². The van der Waals surface area contributed by atoms with Gasteiger partial charge in [-0.05, 0) is 124 Å². The maximum absolute atomic E-state index is 15.2. The number of aromatic nitrogens is 4. The van der Waals surface area contributed by atoms with Crippen molar-refractivity contribution in [3.8, 4) is 45.7 Å². The van der Waals surface area contributed by atoms with Gasteiger partial charge in [0.15, 0.2) is 0 Å². The Balaban J connectivity index is 0.000000138. The molecule has 0 bridgehead atoms. The third-order valence-corrected chi connectivity index (χ3v) is 19.4. The number of nitrogens with zero attached hydrogens (tertiary/aromatic N) is 6. The van der Waals surface area contributed by atoms with Crippen LogP contribution in [-0.4, -0.2) is 77.7 Å². The molecule has 0 spiro atoms. The highest BCUT2D eigenvalue weighted by molar-refractivity contribution is 9.10. The number of halogens is 6. The fourth-order valence-electron chi connectivity index (χ4n) is 13.8. The highest BCUT2D eigenvalue weighted by Gasteiger charge is 2.23. The number of hydrogen-bond acceptors (Lipinski definition) is 6. The summed E-state index contributed by atoms with van der Waals surface area (Å²) >= 11 is 3.21.